The molecular formula is C22H18N4O2S2. The number of rotatable bonds is 6. The molecule has 0 aliphatic heterocycles. The van der Waals surface area contributed by atoms with Crippen molar-refractivity contribution in [1.82, 2.24) is 10.1 Å². The predicted octanol–water partition coefficient (Wildman–Crippen LogP) is 5.83. The van der Waals surface area contributed by atoms with Gasteiger partial charge in [0.25, 0.3) is 11.6 Å². The second-order valence-corrected chi connectivity index (χ2v) is 9.05. The van der Waals surface area contributed by atoms with E-state index in [1.165, 1.54) is 0 Å². The SMILES string of the molecule is Cc1ccc(-c2cc(C(=O)Nc3ccccc3SCCC#N)c3c(C)noc3n2)s1. The molecule has 1 N–H and O–H groups in total. The van der Waals surface area contributed by atoms with Crippen LogP contribution in [0.1, 0.15) is 27.3 Å². The minimum absolute atomic E-state index is 0.253. The number of benzene rings is 1. The number of aromatic nitrogens is 2. The quantitative estimate of drug-likeness (QED) is 0.303. The first-order valence-electron chi connectivity index (χ1n) is 9.31. The van der Waals surface area contributed by atoms with Gasteiger partial charge in [0.1, 0.15) is 0 Å². The van der Waals surface area contributed by atoms with E-state index in [1.807, 2.05) is 43.3 Å². The Labute approximate surface area is 181 Å². The molecule has 3 aromatic heterocycles. The van der Waals surface area contributed by atoms with Gasteiger partial charge in [0, 0.05) is 21.9 Å². The zero-order valence-corrected chi connectivity index (χ0v) is 18.1. The van der Waals surface area contributed by atoms with Crippen LogP contribution in [0.5, 0.6) is 0 Å². The molecule has 0 saturated heterocycles. The number of hydrogen-bond donors (Lipinski definition) is 1. The van der Waals surface area contributed by atoms with Crippen LogP contribution in [-0.4, -0.2) is 21.8 Å². The van der Waals surface area contributed by atoms with Crippen molar-refractivity contribution in [2.45, 2.75) is 25.2 Å². The van der Waals surface area contributed by atoms with Crippen molar-refractivity contribution in [3.63, 3.8) is 0 Å². The number of fused-ring (bicyclic) bond motifs is 1. The Morgan fingerprint density at radius 2 is 2.10 bits per heavy atom. The van der Waals surface area contributed by atoms with Crippen LogP contribution in [0.3, 0.4) is 0 Å². The van der Waals surface area contributed by atoms with E-state index in [2.05, 4.69) is 21.5 Å². The van der Waals surface area contributed by atoms with Gasteiger partial charge < -0.3 is 9.84 Å². The molecule has 0 fully saturated rings. The van der Waals surface area contributed by atoms with E-state index < -0.39 is 0 Å². The molecule has 8 heteroatoms. The number of pyridine rings is 1. The number of para-hydroxylation sites is 1. The molecule has 0 saturated carbocycles. The average Bonchev–Trinajstić information content (AvgIpc) is 3.34. The maximum atomic E-state index is 13.3. The monoisotopic (exact) mass is 434 g/mol. The van der Waals surface area contributed by atoms with Gasteiger partial charge in [0.15, 0.2) is 0 Å². The fourth-order valence-electron chi connectivity index (χ4n) is 3.06. The highest BCUT2D eigenvalue weighted by Crippen LogP contribution is 2.32. The largest absolute Gasteiger partial charge is 0.335 e. The summed E-state index contributed by atoms with van der Waals surface area (Å²) < 4.78 is 5.38. The van der Waals surface area contributed by atoms with Crippen molar-refractivity contribution in [3.8, 4) is 16.6 Å². The van der Waals surface area contributed by atoms with Gasteiger partial charge in [-0.1, -0.05) is 17.3 Å². The number of anilines is 1. The molecule has 6 nitrogen and oxygen atoms in total. The molecule has 0 bridgehead atoms. The third kappa shape index (κ3) is 4.08. The maximum absolute atomic E-state index is 13.3. The summed E-state index contributed by atoms with van der Waals surface area (Å²) in [6.07, 6.45) is 0.446. The summed E-state index contributed by atoms with van der Waals surface area (Å²) in [4.78, 5) is 20.9. The summed E-state index contributed by atoms with van der Waals surface area (Å²) in [6.45, 7) is 3.82. The smallest absolute Gasteiger partial charge is 0.259 e. The Hall–Kier alpha value is -3.15. The lowest BCUT2D eigenvalue weighted by Gasteiger charge is -2.11. The first kappa shape index (κ1) is 20.1. The van der Waals surface area contributed by atoms with Crippen LogP contribution in [-0.2, 0) is 0 Å². The van der Waals surface area contributed by atoms with Gasteiger partial charge in [-0.3, -0.25) is 4.79 Å². The van der Waals surface area contributed by atoms with Gasteiger partial charge in [-0.15, -0.1) is 23.1 Å². The van der Waals surface area contributed by atoms with Gasteiger partial charge in [0.2, 0.25) is 0 Å². The molecule has 0 unspecified atom stereocenters. The summed E-state index contributed by atoms with van der Waals surface area (Å²) in [5.41, 5.74) is 2.82. The third-order valence-corrected chi connectivity index (χ3v) is 6.56. The normalized spacial score (nSPS) is 10.8. The van der Waals surface area contributed by atoms with Crippen molar-refractivity contribution >= 4 is 45.8 Å². The number of amides is 1. The number of thiophene rings is 1. The van der Waals surface area contributed by atoms with Crippen LogP contribution in [0.15, 0.2) is 51.9 Å². The van der Waals surface area contributed by atoms with E-state index in [9.17, 15) is 4.79 Å². The molecule has 3 heterocycles. The van der Waals surface area contributed by atoms with Gasteiger partial charge in [-0.25, -0.2) is 4.98 Å². The molecule has 1 aromatic carbocycles. The average molecular weight is 435 g/mol. The third-order valence-electron chi connectivity index (χ3n) is 4.46. The molecule has 150 valence electrons. The second kappa shape index (κ2) is 8.69. The van der Waals surface area contributed by atoms with Crippen molar-refractivity contribution in [2.75, 3.05) is 11.1 Å². The van der Waals surface area contributed by atoms with E-state index in [-0.39, 0.29) is 5.91 Å². The standard InChI is InChI=1S/C22H18N4O2S2/c1-13-8-9-19(30-13)17-12-15(20-14(2)26-28-22(20)25-17)21(27)24-16-6-3-4-7-18(16)29-11-5-10-23/h3-4,6-9,12H,5,11H2,1-2H3,(H,24,27). The topological polar surface area (TPSA) is 91.8 Å². The lowest BCUT2D eigenvalue weighted by Crippen LogP contribution is -2.13. The molecule has 4 rings (SSSR count). The van der Waals surface area contributed by atoms with Crippen LogP contribution in [0.2, 0.25) is 0 Å². The highest BCUT2D eigenvalue weighted by Gasteiger charge is 2.20. The first-order valence-corrected chi connectivity index (χ1v) is 11.1. The minimum Gasteiger partial charge on any atom is -0.335 e. The van der Waals surface area contributed by atoms with E-state index in [0.29, 0.717) is 45.9 Å². The predicted molar refractivity (Wildman–Crippen MR) is 120 cm³/mol. The van der Waals surface area contributed by atoms with E-state index in [4.69, 9.17) is 9.78 Å². The molecule has 0 spiro atoms. The van der Waals surface area contributed by atoms with Gasteiger partial charge in [-0.2, -0.15) is 5.26 Å². The zero-order valence-electron chi connectivity index (χ0n) is 16.4. The van der Waals surface area contributed by atoms with Crippen molar-refractivity contribution < 1.29 is 9.32 Å². The number of nitrogens with zero attached hydrogens (tertiary/aromatic N) is 3. The fraction of sp³-hybridized carbons (Fsp3) is 0.182. The van der Waals surface area contributed by atoms with Crippen LogP contribution >= 0.6 is 23.1 Å². The summed E-state index contributed by atoms with van der Waals surface area (Å²) >= 11 is 3.15. The zero-order chi connectivity index (χ0) is 21.1. The summed E-state index contributed by atoms with van der Waals surface area (Å²) in [5.74, 6) is 0.409. The number of carbonyl (C=O) groups excluding carboxylic acids is 1. The Kier molecular flexibility index (Phi) is 5.84. The fourth-order valence-corrected chi connectivity index (χ4v) is 4.76. The highest BCUT2D eigenvalue weighted by molar-refractivity contribution is 7.99. The lowest BCUT2D eigenvalue weighted by atomic mass is 10.1. The summed E-state index contributed by atoms with van der Waals surface area (Å²) in [6, 6.07) is 15.5. The van der Waals surface area contributed by atoms with Gasteiger partial charge >= 0.3 is 0 Å². The Bertz CT molecular complexity index is 1270. The lowest BCUT2D eigenvalue weighted by molar-refractivity contribution is 0.102. The van der Waals surface area contributed by atoms with Crippen LogP contribution in [0, 0.1) is 25.2 Å². The molecule has 0 radical (unpaired) electrons. The highest BCUT2D eigenvalue weighted by atomic mass is 32.2. The Morgan fingerprint density at radius 1 is 1.27 bits per heavy atom. The van der Waals surface area contributed by atoms with Gasteiger partial charge in [0.05, 0.1) is 39.0 Å². The number of thioether (sulfide) groups is 1. The number of nitrogens with one attached hydrogen (secondary N) is 1. The Balaban J connectivity index is 1.72. The van der Waals surface area contributed by atoms with E-state index in [1.54, 1.807) is 36.1 Å². The molecule has 30 heavy (non-hydrogen) atoms. The van der Waals surface area contributed by atoms with Crippen LogP contribution in [0.4, 0.5) is 5.69 Å². The molecular weight excluding hydrogens is 416 g/mol. The van der Waals surface area contributed by atoms with Crippen LogP contribution < -0.4 is 5.32 Å². The van der Waals surface area contributed by atoms with Crippen molar-refractivity contribution in [1.29, 1.82) is 5.26 Å². The summed E-state index contributed by atoms with van der Waals surface area (Å²) in [7, 11) is 0. The summed E-state index contributed by atoms with van der Waals surface area (Å²) in [5, 5.41) is 16.4. The van der Waals surface area contributed by atoms with E-state index in [0.717, 1.165) is 14.6 Å². The molecule has 0 aliphatic carbocycles. The molecule has 0 atom stereocenters. The molecule has 0 aliphatic rings. The first-order chi connectivity index (χ1) is 14.6. The van der Waals surface area contributed by atoms with Crippen molar-refractivity contribution in [3.05, 3.63) is 58.6 Å². The van der Waals surface area contributed by atoms with Crippen molar-refractivity contribution in [2.24, 2.45) is 0 Å². The Morgan fingerprint density at radius 3 is 2.87 bits per heavy atom. The maximum Gasteiger partial charge on any atom is 0.259 e. The molecule has 1 amide bonds. The van der Waals surface area contributed by atoms with Gasteiger partial charge in [-0.05, 0) is 44.2 Å². The van der Waals surface area contributed by atoms with E-state index >= 15 is 0 Å². The number of nitriles is 1. The number of aryl methyl sites for hydroxylation is 2. The number of hydrogen-bond acceptors (Lipinski definition) is 7. The minimum atomic E-state index is -0.253. The second-order valence-electron chi connectivity index (χ2n) is 6.62. The number of carbonyl (C=O) groups is 1. The van der Waals surface area contributed by atoms with Crippen LogP contribution in [0.25, 0.3) is 21.7 Å². The molecule has 4 aromatic rings.